The van der Waals surface area contributed by atoms with Gasteiger partial charge in [-0.1, -0.05) is 19.8 Å². The molecule has 1 fully saturated rings. The van der Waals surface area contributed by atoms with E-state index in [0.29, 0.717) is 0 Å². The fraction of sp³-hybridized carbons (Fsp3) is 0.571. The number of hydrogen-bond acceptors (Lipinski definition) is 5. The molecule has 1 aliphatic rings. The molecule has 19 heavy (non-hydrogen) atoms. The van der Waals surface area contributed by atoms with Gasteiger partial charge in [0.2, 0.25) is 0 Å². The van der Waals surface area contributed by atoms with Crippen LogP contribution in [-0.2, 0) is 6.42 Å². The van der Waals surface area contributed by atoms with E-state index in [1.807, 2.05) is 0 Å². The molecule has 2 aromatic rings. The SMILES string of the molecule is CCc1cc2c(N[C@H]3CCCC[C@@H]3O)ncnc2s1. The minimum atomic E-state index is -0.261. The molecule has 5 heteroatoms. The van der Waals surface area contributed by atoms with Gasteiger partial charge in [-0.15, -0.1) is 11.3 Å². The van der Waals surface area contributed by atoms with Gasteiger partial charge in [-0.25, -0.2) is 9.97 Å². The van der Waals surface area contributed by atoms with E-state index in [0.717, 1.165) is 41.7 Å². The van der Waals surface area contributed by atoms with Gasteiger partial charge in [0.25, 0.3) is 0 Å². The van der Waals surface area contributed by atoms with Crippen molar-refractivity contribution in [3.63, 3.8) is 0 Å². The van der Waals surface area contributed by atoms with Crippen LogP contribution in [0.3, 0.4) is 0 Å². The highest BCUT2D eigenvalue weighted by atomic mass is 32.1. The fourth-order valence-corrected chi connectivity index (χ4v) is 3.58. The first-order chi connectivity index (χ1) is 9.28. The van der Waals surface area contributed by atoms with Crippen LogP contribution in [0.15, 0.2) is 12.4 Å². The monoisotopic (exact) mass is 277 g/mol. The molecule has 0 unspecified atom stereocenters. The van der Waals surface area contributed by atoms with Crippen LogP contribution < -0.4 is 5.32 Å². The van der Waals surface area contributed by atoms with Gasteiger partial charge < -0.3 is 10.4 Å². The molecule has 0 saturated heterocycles. The lowest BCUT2D eigenvalue weighted by Gasteiger charge is -2.28. The highest BCUT2D eigenvalue weighted by Crippen LogP contribution is 2.30. The number of hydrogen-bond donors (Lipinski definition) is 2. The zero-order valence-corrected chi connectivity index (χ0v) is 11.9. The van der Waals surface area contributed by atoms with Crippen LogP contribution in [0.25, 0.3) is 10.2 Å². The van der Waals surface area contributed by atoms with Crippen molar-refractivity contribution in [1.29, 1.82) is 0 Å². The Morgan fingerprint density at radius 2 is 2.21 bits per heavy atom. The van der Waals surface area contributed by atoms with E-state index in [4.69, 9.17) is 0 Å². The van der Waals surface area contributed by atoms with E-state index in [9.17, 15) is 5.11 Å². The summed E-state index contributed by atoms with van der Waals surface area (Å²) in [7, 11) is 0. The summed E-state index contributed by atoms with van der Waals surface area (Å²) in [4.78, 5) is 11.0. The predicted octanol–water partition coefficient (Wildman–Crippen LogP) is 2.97. The Hall–Kier alpha value is -1.20. The maximum Gasteiger partial charge on any atom is 0.138 e. The Morgan fingerprint density at radius 3 is 3.00 bits per heavy atom. The van der Waals surface area contributed by atoms with Gasteiger partial charge in [0.15, 0.2) is 0 Å². The summed E-state index contributed by atoms with van der Waals surface area (Å²) in [6, 6.07) is 2.29. The average Bonchev–Trinajstić information content (AvgIpc) is 2.85. The van der Waals surface area contributed by atoms with Crippen molar-refractivity contribution in [2.45, 2.75) is 51.2 Å². The van der Waals surface area contributed by atoms with E-state index in [1.165, 1.54) is 11.3 Å². The first kappa shape index (κ1) is 12.8. The molecule has 4 nitrogen and oxygen atoms in total. The van der Waals surface area contributed by atoms with Crippen molar-refractivity contribution in [1.82, 2.24) is 9.97 Å². The second-order valence-corrected chi connectivity index (χ2v) is 6.23. The maximum absolute atomic E-state index is 10.1. The Balaban J connectivity index is 1.89. The first-order valence-electron chi connectivity index (χ1n) is 6.96. The molecule has 2 N–H and O–H groups in total. The van der Waals surface area contributed by atoms with Gasteiger partial charge in [0.1, 0.15) is 17.0 Å². The second kappa shape index (κ2) is 5.43. The Kier molecular flexibility index (Phi) is 3.66. The van der Waals surface area contributed by atoms with Crippen molar-refractivity contribution >= 4 is 27.4 Å². The Bertz CT molecular complexity index is 569. The van der Waals surface area contributed by atoms with Gasteiger partial charge in [0.05, 0.1) is 17.5 Å². The molecule has 0 amide bonds. The lowest BCUT2D eigenvalue weighted by Crippen LogP contribution is -2.36. The van der Waals surface area contributed by atoms with Crippen LogP contribution in [-0.4, -0.2) is 27.2 Å². The standard InChI is InChI=1S/C14H19N3OS/c1-2-9-7-10-13(15-8-16-14(10)19-9)17-11-5-3-4-6-12(11)18/h7-8,11-12,18H,2-6H2,1H3,(H,15,16,17)/t11-,12-/m0/s1. The largest absolute Gasteiger partial charge is 0.391 e. The summed E-state index contributed by atoms with van der Waals surface area (Å²) in [5.74, 6) is 0.868. The number of thiophene rings is 1. The highest BCUT2D eigenvalue weighted by Gasteiger charge is 2.23. The molecule has 102 valence electrons. The number of anilines is 1. The van der Waals surface area contributed by atoms with Crippen LogP contribution in [0.4, 0.5) is 5.82 Å². The number of nitrogens with one attached hydrogen (secondary N) is 1. The molecule has 0 radical (unpaired) electrons. The van der Waals surface area contributed by atoms with Crippen LogP contribution in [0, 0.1) is 0 Å². The molecule has 1 saturated carbocycles. The van der Waals surface area contributed by atoms with E-state index in [2.05, 4.69) is 28.3 Å². The smallest absolute Gasteiger partial charge is 0.138 e. The zero-order valence-electron chi connectivity index (χ0n) is 11.1. The highest BCUT2D eigenvalue weighted by molar-refractivity contribution is 7.18. The number of nitrogens with zero attached hydrogens (tertiary/aromatic N) is 2. The summed E-state index contributed by atoms with van der Waals surface area (Å²) < 4.78 is 0. The van der Waals surface area contributed by atoms with Crippen molar-refractivity contribution in [3.8, 4) is 0 Å². The van der Waals surface area contributed by atoms with Crippen LogP contribution in [0.1, 0.15) is 37.5 Å². The third-order valence-corrected chi connectivity index (χ3v) is 4.97. The van der Waals surface area contributed by atoms with Gasteiger partial charge in [0, 0.05) is 4.88 Å². The van der Waals surface area contributed by atoms with Crippen LogP contribution in [0.2, 0.25) is 0 Å². The minimum absolute atomic E-state index is 0.122. The predicted molar refractivity (Wildman–Crippen MR) is 78.7 cm³/mol. The zero-order chi connectivity index (χ0) is 13.2. The summed E-state index contributed by atoms with van der Waals surface area (Å²) >= 11 is 1.72. The second-order valence-electron chi connectivity index (χ2n) is 5.11. The first-order valence-corrected chi connectivity index (χ1v) is 7.77. The number of aromatic nitrogens is 2. The van der Waals surface area contributed by atoms with E-state index in [-0.39, 0.29) is 12.1 Å². The molecule has 1 aliphatic carbocycles. The van der Waals surface area contributed by atoms with Crippen molar-refractivity contribution in [3.05, 3.63) is 17.3 Å². The molecule has 0 spiro atoms. The summed E-state index contributed by atoms with van der Waals surface area (Å²) in [5.41, 5.74) is 0. The van der Waals surface area contributed by atoms with Crippen molar-refractivity contribution in [2.75, 3.05) is 5.32 Å². The Labute approximate surface area is 116 Å². The topological polar surface area (TPSA) is 58.0 Å². The number of rotatable bonds is 3. The summed E-state index contributed by atoms with van der Waals surface area (Å²) in [5, 5.41) is 14.6. The number of fused-ring (bicyclic) bond motifs is 1. The molecule has 2 aromatic heterocycles. The van der Waals surface area contributed by atoms with Crippen molar-refractivity contribution in [2.24, 2.45) is 0 Å². The summed E-state index contributed by atoms with van der Waals surface area (Å²) in [6.07, 6.45) is 6.56. The third-order valence-electron chi connectivity index (χ3n) is 3.78. The molecule has 0 aliphatic heterocycles. The molecule has 2 atom stereocenters. The Morgan fingerprint density at radius 1 is 1.37 bits per heavy atom. The van der Waals surface area contributed by atoms with E-state index < -0.39 is 0 Å². The number of aryl methyl sites for hydroxylation is 1. The number of aliphatic hydroxyl groups is 1. The van der Waals surface area contributed by atoms with Gasteiger partial charge in [-0.05, 0) is 25.3 Å². The normalized spacial score (nSPS) is 23.7. The maximum atomic E-state index is 10.1. The lowest BCUT2D eigenvalue weighted by molar-refractivity contribution is 0.116. The third kappa shape index (κ3) is 2.58. The molecule has 2 heterocycles. The minimum Gasteiger partial charge on any atom is -0.391 e. The van der Waals surface area contributed by atoms with Crippen LogP contribution in [0.5, 0.6) is 0 Å². The fourth-order valence-electron chi connectivity index (χ4n) is 2.65. The molecular formula is C14H19N3OS. The average molecular weight is 277 g/mol. The van der Waals surface area contributed by atoms with E-state index in [1.54, 1.807) is 17.7 Å². The molecular weight excluding hydrogens is 258 g/mol. The molecule has 0 aromatic carbocycles. The van der Waals surface area contributed by atoms with Crippen molar-refractivity contribution < 1.29 is 5.11 Å². The molecule has 3 rings (SSSR count). The quantitative estimate of drug-likeness (QED) is 0.905. The number of aliphatic hydroxyl groups excluding tert-OH is 1. The molecule has 0 bridgehead atoms. The van der Waals surface area contributed by atoms with Gasteiger partial charge >= 0.3 is 0 Å². The van der Waals surface area contributed by atoms with Gasteiger partial charge in [-0.2, -0.15) is 0 Å². The van der Waals surface area contributed by atoms with E-state index >= 15 is 0 Å². The van der Waals surface area contributed by atoms with Crippen LogP contribution >= 0.6 is 11.3 Å². The lowest BCUT2D eigenvalue weighted by atomic mass is 9.92. The summed E-state index contributed by atoms with van der Waals surface area (Å²) in [6.45, 7) is 2.15. The van der Waals surface area contributed by atoms with Gasteiger partial charge in [-0.3, -0.25) is 0 Å².